The Balaban J connectivity index is 1.72. The van der Waals surface area contributed by atoms with Gasteiger partial charge in [0.25, 0.3) is 0 Å². The van der Waals surface area contributed by atoms with E-state index < -0.39 is 5.97 Å². The fourth-order valence-electron chi connectivity index (χ4n) is 2.93. The number of Topliss-reactive ketones (excluding diaryl/α,β-unsaturated/α-hetero) is 1. The van der Waals surface area contributed by atoms with Gasteiger partial charge in [-0.3, -0.25) is 14.4 Å². The van der Waals surface area contributed by atoms with Crippen LogP contribution in [0.1, 0.15) is 48.9 Å². The number of hydrogen-bond donors (Lipinski definition) is 2. The molecule has 0 bridgehead atoms. The average Bonchev–Trinajstić information content (AvgIpc) is 2.60. The molecule has 0 spiro atoms. The van der Waals surface area contributed by atoms with Gasteiger partial charge in [0.2, 0.25) is 5.91 Å². The lowest BCUT2D eigenvalue weighted by Gasteiger charge is -2.26. The minimum absolute atomic E-state index is 0.0178. The number of hydrogen-bond acceptors (Lipinski definition) is 4. The van der Waals surface area contributed by atoms with Gasteiger partial charge in [0.05, 0.1) is 13.0 Å². The summed E-state index contributed by atoms with van der Waals surface area (Å²) in [5.74, 6) is -0.612. The van der Waals surface area contributed by atoms with Crippen molar-refractivity contribution in [1.29, 1.82) is 0 Å². The summed E-state index contributed by atoms with van der Waals surface area (Å²) in [6, 6.07) is 6.82. The van der Waals surface area contributed by atoms with E-state index in [9.17, 15) is 14.4 Å². The van der Waals surface area contributed by atoms with Crippen LogP contribution in [0.3, 0.4) is 0 Å². The first-order valence-corrected chi connectivity index (χ1v) is 8.19. The summed E-state index contributed by atoms with van der Waals surface area (Å²) >= 11 is 0. The molecule has 0 heterocycles. The van der Waals surface area contributed by atoms with Gasteiger partial charge in [0.15, 0.2) is 5.78 Å². The van der Waals surface area contributed by atoms with Gasteiger partial charge in [0, 0.05) is 24.4 Å². The van der Waals surface area contributed by atoms with Crippen LogP contribution in [0.5, 0.6) is 5.75 Å². The van der Waals surface area contributed by atoms with Crippen molar-refractivity contribution in [2.24, 2.45) is 5.92 Å². The zero-order chi connectivity index (χ0) is 17.5. The number of carbonyl (C=O) groups is 3. The zero-order valence-electron chi connectivity index (χ0n) is 13.8. The molecular formula is C18H23NO5. The summed E-state index contributed by atoms with van der Waals surface area (Å²) in [6.07, 6.45) is 2.83. The first-order valence-electron chi connectivity index (χ1n) is 8.19. The predicted molar refractivity (Wildman–Crippen MR) is 88.1 cm³/mol. The predicted octanol–water partition coefficient (Wildman–Crippen LogP) is 2.42. The third-order valence-corrected chi connectivity index (χ3v) is 4.43. The molecule has 24 heavy (non-hydrogen) atoms. The number of nitrogens with one attached hydrogen (secondary N) is 1. The van der Waals surface area contributed by atoms with E-state index in [1.165, 1.54) is 0 Å². The van der Waals surface area contributed by atoms with Crippen molar-refractivity contribution in [2.45, 2.75) is 44.6 Å². The van der Waals surface area contributed by atoms with Crippen molar-refractivity contribution in [3.05, 3.63) is 29.8 Å². The quantitative estimate of drug-likeness (QED) is 0.748. The average molecular weight is 333 g/mol. The van der Waals surface area contributed by atoms with Gasteiger partial charge in [-0.05, 0) is 49.9 Å². The molecule has 0 saturated heterocycles. The van der Waals surface area contributed by atoms with Crippen LogP contribution in [-0.4, -0.2) is 35.9 Å². The van der Waals surface area contributed by atoms with E-state index in [2.05, 4.69) is 5.32 Å². The van der Waals surface area contributed by atoms with Crippen LogP contribution in [0.4, 0.5) is 0 Å². The molecule has 0 atom stereocenters. The Morgan fingerprint density at radius 3 is 2.25 bits per heavy atom. The van der Waals surface area contributed by atoms with Crippen LogP contribution in [0.25, 0.3) is 0 Å². The summed E-state index contributed by atoms with van der Waals surface area (Å²) in [5, 5.41) is 11.9. The summed E-state index contributed by atoms with van der Waals surface area (Å²) in [5.41, 5.74) is 0.561. The van der Waals surface area contributed by atoms with Crippen molar-refractivity contribution >= 4 is 17.7 Å². The lowest BCUT2D eigenvalue weighted by molar-refractivity contribution is -0.142. The van der Waals surface area contributed by atoms with E-state index in [-0.39, 0.29) is 36.5 Å². The molecule has 1 saturated carbocycles. The molecule has 2 N–H and O–H groups in total. The van der Waals surface area contributed by atoms with Gasteiger partial charge < -0.3 is 15.2 Å². The maximum absolute atomic E-state index is 12.1. The van der Waals surface area contributed by atoms with Gasteiger partial charge in [-0.1, -0.05) is 0 Å². The topological polar surface area (TPSA) is 92.7 Å². The van der Waals surface area contributed by atoms with Crippen LogP contribution in [0.15, 0.2) is 24.3 Å². The fraction of sp³-hybridized carbons (Fsp3) is 0.500. The molecule has 2 rings (SSSR count). The van der Waals surface area contributed by atoms with Crippen molar-refractivity contribution in [3.63, 3.8) is 0 Å². The number of benzene rings is 1. The molecule has 1 aliphatic carbocycles. The molecule has 1 aromatic carbocycles. The second-order valence-corrected chi connectivity index (χ2v) is 6.11. The molecule has 130 valence electrons. The maximum Gasteiger partial charge on any atom is 0.306 e. The number of carboxylic acids is 1. The van der Waals surface area contributed by atoms with E-state index in [1.54, 1.807) is 31.4 Å². The number of amides is 1. The second-order valence-electron chi connectivity index (χ2n) is 6.11. The third-order valence-electron chi connectivity index (χ3n) is 4.43. The van der Waals surface area contributed by atoms with Crippen molar-refractivity contribution in [3.8, 4) is 5.75 Å². The third kappa shape index (κ3) is 5.08. The largest absolute Gasteiger partial charge is 0.497 e. The minimum atomic E-state index is -0.759. The molecule has 6 heteroatoms. The number of rotatable bonds is 7. The zero-order valence-corrected chi connectivity index (χ0v) is 13.8. The highest BCUT2D eigenvalue weighted by Crippen LogP contribution is 2.24. The number of carbonyl (C=O) groups excluding carboxylic acids is 2. The molecule has 0 radical (unpaired) electrons. The molecule has 0 aliphatic heterocycles. The van der Waals surface area contributed by atoms with E-state index in [1.807, 2.05) is 0 Å². The number of methoxy groups -OCH3 is 1. The number of ketones is 1. The van der Waals surface area contributed by atoms with Gasteiger partial charge in [0.1, 0.15) is 5.75 Å². The van der Waals surface area contributed by atoms with Crippen LogP contribution in [0, 0.1) is 5.92 Å². The number of aliphatic carboxylic acids is 1. The Hall–Kier alpha value is -2.37. The first-order chi connectivity index (χ1) is 11.5. The molecule has 1 fully saturated rings. The Kier molecular flexibility index (Phi) is 6.35. The summed E-state index contributed by atoms with van der Waals surface area (Å²) in [7, 11) is 1.56. The Bertz CT molecular complexity index is 588. The smallest absolute Gasteiger partial charge is 0.306 e. The van der Waals surface area contributed by atoms with E-state index in [0.29, 0.717) is 37.0 Å². The molecule has 1 aromatic rings. The summed E-state index contributed by atoms with van der Waals surface area (Å²) in [6.45, 7) is 0. The second kappa shape index (κ2) is 8.47. The van der Waals surface area contributed by atoms with Gasteiger partial charge >= 0.3 is 5.97 Å². The summed E-state index contributed by atoms with van der Waals surface area (Å²) in [4.78, 5) is 34.9. The van der Waals surface area contributed by atoms with Gasteiger partial charge in [-0.15, -0.1) is 0 Å². The van der Waals surface area contributed by atoms with Crippen LogP contribution < -0.4 is 10.1 Å². The Morgan fingerprint density at radius 1 is 1.08 bits per heavy atom. The van der Waals surface area contributed by atoms with Gasteiger partial charge in [-0.25, -0.2) is 0 Å². The number of carboxylic acid groups (broad SMARTS) is 1. The highest BCUT2D eigenvalue weighted by molar-refractivity contribution is 5.98. The Labute approximate surface area is 141 Å². The van der Waals surface area contributed by atoms with Gasteiger partial charge in [-0.2, -0.15) is 0 Å². The van der Waals surface area contributed by atoms with E-state index in [0.717, 1.165) is 0 Å². The fourth-order valence-corrected chi connectivity index (χ4v) is 2.93. The first kappa shape index (κ1) is 18.0. The molecule has 1 aliphatic rings. The minimum Gasteiger partial charge on any atom is -0.497 e. The van der Waals surface area contributed by atoms with Crippen molar-refractivity contribution in [2.75, 3.05) is 7.11 Å². The van der Waals surface area contributed by atoms with E-state index in [4.69, 9.17) is 9.84 Å². The SMILES string of the molecule is COc1ccc(C(=O)CCC(=O)NC2CCC(C(=O)O)CC2)cc1. The lowest BCUT2D eigenvalue weighted by Crippen LogP contribution is -2.38. The molecule has 0 aromatic heterocycles. The highest BCUT2D eigenvalue weighted by atomic mass is 16.5. The highest BCUT2D eigenvalue weighted by Gasteiger charge is 2.26. The van der Waals surface area contributed by atoms with Crippen LogP contribution >= 0.6 is 0 Å². The maximum atomic E-state index is 12.1. The van der Waals surface area contributed by atoms with E-state index >= 15 is 0 Å². The van der Waals surface area contributed by atoms with Crippen LogP contribution in [0.2, 0.25) is 0 Å². The monoisotopic (exact) mass is 333 g/mol. The number of ether oxygens (including phenoxy) is 1. The molecule has 6 nitrogen and oxygen atoms in total. The Morgan fingerprint density at radius 2 is 1.71 bits per heavy atom. The standard InChI is InChI=1S/C18H23NO5/c1-24-15-8-4-12(5-9-15)16(20)10-11-17(21)19-14-6-2-13(3-7-14)18(22)23/h4-5,8-9,13-14H,2-3,6-7,10-11H2,1H3,(H,19,21)(H,22,23). The van der Waals surface area contributed by atoms with Crippen LogP contribution in [-0.2, 0) is 9.59 Å². The molecule has 1 amide bonds. The lowest BCUT2D eigenvalue weighted by atomic mass is 9.86. The summed E-state index contributed by atoms with van der Waals surface area (Å²) < 4.78 is 5.04. The molecular weight excluding hydrogens is 310 g/mol. The van der Waals surface area contributed by atoms with Crippen molar-refractivity contribution < 1.29 is 24.2 Å². The normalized spacial score (nSPS) is 20.2. The molecule has 0 unspecified atom stereocenters. The van der Waals surface area contributed by atoms with Crippen molar-refractivity contribution in [1.82, 2.24) is 5.32 Å².